The lowest BCUT2D eigenvalue weighted by Crippen LogP contribution is -2.18. The molecule has 2 amide bonds. The number of carbonyl (C=O) groups excluding carboxylic acids is 2. The number of halogens is 2. The van der Waals surface area contributed by atoms with Crippen LogP contribution in [0.15, 0.2) is 40.1 Å². The smallest absolute Gasteiger partial charge is 0.260 e. The van der Waals surface area contributed by atoms with Crippen molar-refractivity contribution in [3.63, 3.8) is 0 Å². The van der Waals surface area contributed by atoms with Crippen molar-refractivity contribution in [1.82, 2.24) is 10.3 Å². The fraction of sp³-hybridized carbons (Fsp3) is 0.118. The van der Waals surface area contributed by atoms with Crippen molar-refractivity contribution in [2.75, 3.05) is 5.32 Å². The molecule has 0 aliphatic rings. The van der Waals surface area contributed by atoms with Crippen LogP contribution in [0, 0.1) is 11.6 Å². The Morgan fingerprint density at radius 3 is 2.77 bits per heavy atom. The van der Waals surface area contributed by atoms with Crippen molar-refractivity contribution in [3.05, 3.63) is 58.7 Å². The van der Waals surface area contributed by atoms with Crippen LogP contribution in [0.3, 0.4) is 0 Å². The fourth-order valence-electron chi connectivity index (χ4n) is 2.10. The summed E-state index contributed by atoms with van der Waals surface area (Å²) in [6, 6.07) is 6.11. The monoisotopic (exact) mass is 377 g/mol. The summed E-state index contributed by atoms with van der Waals surface area (Å²) in [5, 5.41) is 6.99. The largest absolute Gasteiger partial charge is 0.458 e. The van der Waals surface area contributed by atoms with E-state index in [1.54, 1.807) is 17.5 Å². The first kappa shape index (κ1) is 17.7. The van der Waals surface area contributed by atoms with Crippen molar-refractivity contribution in [1.29, 1.82) is 0 Å². The topological polar surface area (TPSA) is 84.2 Å². The Balaban J connectivity index is 1.70. The molecule has 9 heteroatoms. The molecule has 0 unspecified atom stereocenters. The number of hydrogen-bond donors (Lipinski definition) is 2. The standard InChI is InChI=1S/C17H13F2N3O3S/c1-9(23)20-7-11-3-5-15(25-11)14-8-26-17(21-14)22-16(24)12-4-2-10(18)6-13(12)19/h2-6,8H,7H2,1H3,(H,20,23)(H,21,22,24). The molecule has 0 radical (unpaired) electrons. The molecule has 2 aromatic heterocycles. The number of nitrogens with one attached hydrogen (secondary N) is 2. The van der Waals surface area contributed by atoms with Crippen LogP contribution < -0.4 is 10.6 Å². The molecule has 0 saturated heterocycles. The predicted octanol–water partition coefficient (Wildman–Crippen LogP) is 3.57. The van der Waals surface area contributed by atoms with Crippen LogP contribution in [0.1, 0.15) is 23.0 Å². The zero-order valence-electron chi connectivity index (χ0n) is 13.5. The van der Waals surface area contributed by atoms with Crippen LogP contribution in [0.4, 0.5) is 13.9 Å². The van der Waals surface area contributed by atoms with Gasteiger partial charge in [0.25, 0.3) is 5.91 Å². The summed E-state index contributed by atoms with van der Waals surface area (Å²) in [6.07, 6.45) is 0. The molecule has 6 nitrogen and oxygen atoms in total. The number of aromatic nitrogens is 1. The van der Waals surface area contributed by atoms with Crippen LogP contribution in [-0.4, -0.2) is 16.8 Å². The Morgan fingerprint density at radius 1 is 1.23 bits per heavy atom. The molecular formula is C17H13F2N3O3S. The van der Waals surface area contributed by atoms with E-state index in [0.717, 1.165) is 23.5 Å². The Hall–Kier alpha value is -3.07. The summed E-state index contributed by atoms with van der Waals surface area (Å²) in [7, 11) is 0. The van der Waals surface area contributed by atoms with E-state index in [0.29, 0.717) is 23.3 Å². The van der Waals surface area contributed by atoms with Gasteiger partial charge in [-0.05, 0) is 24.3 Å². The van der Waals surface area contributed by atoms with Crippen molar-refractivity contribution in [3.8, 4) is 11.5 Å². The van der Waals surface area contributed by atoms with Gasteiger partial charge < -0.3 is 9.73 Å². The van der Waals surface area contributed by atoms with Crippen LogP contribution in [0.25, 0.3) is 11.5 Å². The van der Waals surface area contributed by atoms with E-state index >= 15 is 0 Å². The van der Waals surface area contributed by atoms with Gasteiger partial charge in [-0.25, -0.2) is 13.8 Å². The zero-order valence-corrected chi connectivity index (χ0v) is 14.3. The highest BCUT2D eigenvalue weighted by atomic mass is 32.1. The molecule has 0 aliphatic carbocycles. The van der Waals surface area contributed by atoms with Crippen molar-refractivity contribution >= 4 is 28.3 Å². The Labute approximate surface area is 150 Å². The molecule has 0 saturated carbocycles. The van der Waals surface area contributed by atoms with Crippen molar-refractivity contribution in [2.45, 2.75) is 13.5 Å². The minimum atomic E-state index is -0.951. The number of thiazole rings is 1. The van der Waals surface area contributed by atoms with Gasteiger partial charge >= 0.3 is 0 Å². The molecule has 0 fully saturated rings. The Morgan fingerprint density at radius 2 is 2.04 bits per heavy atom. The minimum Gasteiger partial charge on any atom is -0.458 e. The van der Waals surface area contributed by atoms with Gasteiger partial charge in [-0.15, -0.1) is 11.3 Å². The van der Waals surface area contributed by atoms with Crippen molar-refractivity contribution < 1.29 is 22.8 Å². The summed E-state index contributed by atoms with van der Waals surface area (Å²) in [4.78, 5) is 27.2. The van der Waals surface area contributed by atoms with Gasteiger partial charge in [0.2, 0.25) is 5.91 Å². The summed E-state index contributed by atoms with van der Waals surface area (Å²) in [5.41, 5.74) is 0.206. The van der Waals surface area contributed by atoms with E-state index in [1.165, 1.54) is 6.92 Å². The first-order valence-corrected chi connectivity index (χ1v) is 8.36. The summed E-state index contributed by atoms with van der Waals surface area (Å²) in [5.74, 6) is -1.59. The second-order valence-electron chi connectivity index (χ2n) is 5.29. The SMILES string of the molecule is CC(=O)NCc1ccc(-c2csc(NC(=O)c3ccc(F)cc3F)n2)o1. The normalized spacial score (nSPS) is 10.6. The number of carbonyl (C=O) groups is 2. The maximum atomic E-state index is 13.6. The highest BCUT2D eigenvalue weighted by molar-refractivity contribution is 7.14. The average Bonchev–Trinajstić information content (AvgIpc) is 3.21. The summed E-state index contributed by atoms with van der Waals surface area (Å²) >= 11 is 1.13. The van der Waals surface area contributed by atoms with Gasteiger partial charge in [0.15, 0.2) is 10.9 Å². The predicted molar refractivity (Wildman–Crippen MR) is 91.6 cm³/mol. The lowest BCUT2D eigenvalue weighted by molar-refractivity contribution is -0.119. The molecule has 2 N–H and O–H groups in total. The number of anilines is 1. The molecule has 2 heterocycles. The maximum absolute atomic E-state index is 13.6. The van der Waals surface area contributed by atoms with E-state index in [1.807, 2.05) is 0 Å². The molecule has 0 atom stereocenters. The minimum absolute atomic E-state index is 0.172. The average molecular weight is 377 g/mol. The molecule has 0 spiro atoms. The van der Waals surface area contributed by atoms with Crippen LogP contribution >= 0.6 is 11.3 Å². The van der Waals surface area contributed by atoms with Gasteiger partial charge in [0, 0.05) is 18.4 Å². The van der Waals surface area contributed by atoms with E-state index < -0.39 is 17.5 Å². The maximum Gasteiger partial charge on any atom is 0.260 e. The van der Waals surface area contributed by atoms with Gasteiger partial charge in [-0.3, -0.25) is 14.9 Å². The second-order valence-corrected chi connectivity index (χ2v) is 6.15. The van der Waals surface area contributed by atoms with Gasteiger partial charge in [-0.1, -0.05) is 0 Å². The first-order chi connectivity index (χ1) is 12.4. The molecule has 134 valence electrons. The summed E-state index contributed by atoms with van der Waals surface area (Å²) in [6.45, 7) is 1.66. The van der Waals surface area contributed by atoms with Gasteiger partial charge in [0.05, 0.1) is 12.1 Å². The first-order valence-electron chi connectivity index (χ1n) is 7.48. The summed E-state index contributed by atoms with van der Waals surface area (Å²) < 4.78 is 32.1. The van der Waals surface area contributed by atoms with Crippen LogP contribution in [-0.2, 0) is 11.3 Å². The zero-order chi connectivity index (χ0) is 18.7. The number of rotatable bonds is 5. The number of amides is 2. The fourth-order valence-corrected chi connectivity index (χ4v) is 2.80. The van der Waals surface area contributed by atoms with E-state index in [-0.39, 0.29) is 23.1 Å². The molecule has 3 aromatic rings. The highest BCUT2D eigenvalue weighted by Gasteiger charge is 2.15. The van der Waals surface area contributed by atoms with Crippen LogP contribution in [0.2, 0.25) is 0 Å². The number of furan rings is 1. The molecule has 3 rings (SSSR count). The Bertz CT molecular complexity index is 968. The third kappa shape index (κ3) is 4.12. The van der Waals surface area contributed by atoms with Gasteiger partial charge in [0.1, 0.15) is 23.1 Å². The molecule has 26 heavy (non-hydrogen) atoms. The molecular weight excluding hydrogens is 364 g/mol. The number of hydrogen-bond acceptors (Lipinski definition) is 5. The van der Waals surface area contributed by atoms with E-state index in [4.69, 9.17) is 4.42 Å². The van der Waals surface area contributed by atoms with Gasteiger partial charge in [-0.2, -0.15) is 0 Å². The Kier molecular flexibility index (Phi) is 5.08. The van der Waals surface area contributed by atoms with E-state index in [9.17, 15) is 18.4 Å². The lowest BCUT2D eigenvalue weighted by atomic mass is 10.2. The second kappa shape index (κ2) is 7.44. The molecule has 1 aromatic carbocycles. The van der Waals surface area contributed by atoms with E-state index in [2.05, 4.69) is 15.6 Å². The quantitative estimate of drug-likeness (QED) is 0.712. The highest BCUT2D eigenvalue weighted by Crippen LogP contribution is 2.27. The van der Waals surface area contributed by atoms with Crippen molar-refractivity contribution in [2.24, 2.45) is 0 Å². The van der Waals surface area contributed by atoms with Crippen LogP contribution in [0.5, 0.6) is 0 Å². The lowest BCUT2D eigenvalue weighted by Gasteiger charge is -2.03. The number of benzene rings is 1. The third-order valence-corrected chi connectivity index (χ3v) is 4.08. The molecule has 0 aliphatic heterocycles. The number of nitrogens with zero attached hydrogens (tertiary/aromatic N) is 1. The molecule has 0 bridgehead atoms. The third-order valence-electron chi connectivity index (χ3n) is 3.33.